The minimum Gasteiger partial charge on any atom is -0.356 e. The fourth-order valence-corrected chi connectivity index (χ4v) is 3.74. The Morgan fingerprint density at radius 1 is 1.15 bits per heavy atom. The molecule has 7 heteroatoms. The molecule has 0 radical (unpaired) electrons. The van der Waals surface area contributed by atoms with Crippen LogP contribution in [0.1, 0.15) is 17.5 Å². The van der Waals surface area contributed by atoms with Gasteiger partial charge in [-0.05, 0) is 36.6 Å². The van der Waals surface area contributed by atoms with Crippen LogP contribution in [0.3, 0.4) is 0 Å². The summed E-state index contributed by atoms with van der Waals surface area (Å²) < 4.78 is 25.5. The molecule has 2 aromatic carbocycles. The largest absolute Gasteiger partial charge is 0.356 e. The third kappa shape index (κ3) is 6.04. The zero-order valence-electron chi connectivity index (χ0n) is 14.9. The number of halogens is 1. The lowest BCUT2D eigenvalue weighted by Gasteiger charge is -2.24. The summed E-state index contributed by atoms with van der Waals surface area (Å²) in [6.07, 6.45) is 1.93. The summed E-state index contributed by atoms with van der Waals surface area (Å²) in [5.74, 6) is -0.186. The summed E-state index contributed by atoms with van der Waals surface area (Å²) in [6.45, 7) is 2.39. The number of sulfonamides is 1. The van der Waals surface area contributed by atoms with Gasteiger partial charge in [0, 0.05) is 24.5 Å². The second-order valence-electron chi connectivity index (χ2n) is 6.10. The van der Waals surface area contributed by atoms with Crippen LogP contribution in [-0.2, 0) is 21.2 Å². The summed E-state index contributed by atoms with van der Waals surface area (Å²) in [4.78, 5) is 12.1. The lowest BCUT2D eigenvalue weighted by Crippen LogP contribution is -2.35. The van der Waals surface area contributed by atoms with Crippen LogP contribution < -0.4 is 9.62 Å². The summed E-state index contributed by atoms with van der Waals surface area (Å²) in [6, 6.07) is 14.9. The van der Waals surface area contributed by atoms with Crippen molar-refractivity contribution >= 4 is 33.2 Å². The van der Waals surface area contributed by atoms with Crippen LogP contribution in [0.2, 0.25) is 5.02 Å². The number of hydrogen-bond acceptors (Lipinski definition) is 3. The Morgan fingerprint density at radius 3 is 2.50 bits per heavy atom. The highest BCUT2D eigenvalue weighted by molar-refractivity contribution is 7.92. The van der Waals surface area contributed by atoms with E-state index in [0.29, 0.717) is 17.3 Å². The van der Waals surface area contributed by atoms with Gasteiger partial charge in [-0.3, -0.25) is 9.10 Å². The quantitative estimate of drug-likeness (QED) is 0.747. The van der Waals surface area contributed by atoms with E-state index in [1.807, 2.05) is 37.3 Å². The van der Waals surface area contributed by atoms with E-state index in [-0.39, 0.29) is 18.9 Å². The maximum absolute atomic E-state index is 12.2. The molecular weight excluding hydrogens is 372 g/mol. The monoisotopic (exact) mass is 394 g/mol. The highest BCUT2D eigenvalue weighted by Crippen LogP contribution is 2.26. The number of carbonyl (C=O) groups is 1. The van der Waals surface area contributed by atoms with E-state index in [1.54, 1.807) is 18.2 Å². The van der Waals surface area contributed by atoms with Crippen molar-refractivity contribution in [3.05, 3.63) is 64.7 Å². The van der Waals surface area contributed by atoms with Crippen LogP contribution in [0.15, 0.2) is 48.5 Å². The first kappa shape index (κ1) is 20.3. The van der Waals surface area contributed by atoms with Gasteiger partial charge < -0.3 is 5.32 Å². The van der Waals surface area contributed by atoms with E-state index in [4.69, 9.17) is 11.6 Å². The number of carbonyl (C=O) groups excluding carboxylic acids is 1. The Morgan fingerprint density at radius 2 is 1.85 bits per heavy atom. The molecule has 5 nitrogen and oxygen atoms in total. The fraction of sp³-hybridized carbons (Fsp3) is 0.316. The van der Waals surface area contributed by atoms with Crippen LogP contribution in [0.4, 0.5) is 5.69 Å². The molecule has 26 heavy (non-hydrogen) atoms. The summed E-state index contributed by atoms with van der Waals surface area (Å²) >= 11 is 6.00. The number of aryl methyl sites for hydroxylation is 1. The molecule has 0 unspecified atom stereocenters. The zero-order chi connectivity index (χ0) is 19.2. The van der Waals surface area contributed by atoms with Gasteiger partial charge in [-0.2, -0.15) is 0 Å². The van der Waals surface area contributed by atoms with Gasteiger partial charge in [0.15, 0.2) is 0 Å². The Hall–Kier alpha value is -2.05. The molecule has 0 fully saturated rings. The number of benzene rings is 2. The molecule has 0 saturated heterocycles. The van der Waals surface area contributed by atoms with Crippen molar-refractivity contribution in [2.75, 3.05) is 23.7 Å². The van der Waals surface area contributed by atoms with Crippen molar-refractivity contribution < 1.29 is 13.2 Å². The average Bonchev–Trinajstić information content (AvgIpc) is 2.58. The highest BCUT2D eigenvalue weighted by Gasteiger charge is 2.20. The van der Waals surface area contributed by atoms with Crippen molar-refractivity contribution in [2.45, 2.75) is 19.8 Å². The van der Waals surface area contributed by atoms with E-state index in [9.17, 15) is 13.2 Å². The summed E-state index contributed by atoms with van der Waals surface area (Å²) in [7, 11) is -3.52. The maximum atomic E-state index is 12.2. The minimum atomic E-state index is -3.52. The van der Waals surface area contributed by atoms with Gasteiger partial charge in [0.05, 0.1) is 11.9 Å². The van der Waals surface area contributed by atoms with Crippen molar-refractivity contribution in [3.8, 4) is 0 Å². The van der Waals surface area contributed by atoms with Crippen LogP contribution in [0.25, 0.3) is 0 Å². The van der Waals surface area contributed by atoms with Gasteiger partial charge in [0.1, 0.15) is 0 Å². The predicted octanol–water partition coefficient (Wildman–Crippen LogP) is 3.16. The molecule has 1 amide bonds. The summed E-state index contributed by atoms with van der Waals surface area (Å²) in [5.41, 5.74) is 2.42. The van der Waals surface area contributed by atoms with Gasteiger partial charge in [-0.25, -0.2) is 8.42 Å². The first-order valence-electron chi connectivity index (χ1n) is 8.32. The number of rotatable bonds is 8. The van der Waals surface area contributed by atoms with E-state index in [1.165, 1.54) is 4.31 Å². The molecule has 0 aliphatic rings. The molecule has 0 saturated carbocycles. The molecule has 2 rings (SSSR count). The molecule has 0 heterocycles. The Balaban J connectivity index is 1.95. The number of hydrogen-bond donors (Lipinski definition) is 1. The molecule has 0 atom stereocenters. The number of anilines is 1. The molecule has 0 aliphatic heterocycles. The molecule has 0 aliphatic carbocycles. The number of amides is 1. The van der Waals surface area contributed by atoms with Crippen LogP contribution in [0, 0.1) is 6.92 Å². The van der Waals surface area contributed by atoms with Gasteiger partial charge in [-0.1, -0.05) is 48.0 Å². The Labute approximate surface area is 160 Å². The van der Waals surface area contributed by atoms with Gasteiger partial charge in [0.2, 0.25) is 15.9 Å². The molecular formula is C19H23ClN2O3S. The summed E-state index contributed by atoms with van der Waals surface area (Å²) in [5, 5.41) is 3.28. The van der Waals surface area contributed by atoms with E-state index in [0.717, 1.165) is 23.8 Å². The molecule has 0 spiro atoms. The normalized spacial score (nSPS) is 11.2. The first-order chi connectivity index (χ1) is 12.3. The minimum absolute atomic E-state index is 0.0667. The maximum Gasteiger partial charge on any atom is 0.232 e. The average molecular weight is 395 g/mol. The third-order valence-electron chi connectivity index (χ3n) is 3.96. The Kier molecular flexibility index (Phi) is 7.06. The number of nitrogens with one attached hydrogen (secondary N) is 1. The van der Waals surface area contributed by atoms with Gasteiger partial charge >= 0.3 is 0 Å². The zero-order valence-corrected chi connectivity index (χ0v) is 16.5. The van der Waals surface area contributed by atoms with Crippen molar-refractivity contribution in [2.24, 2.45) is 0 Å². The second kappa shape index (κ2) is 9.05. The molecule has 0 aromatic heterocycles. The van der Waals surface area contributed by atoms with Crippen LogP contribution in [0.5, 0.6) is 0 Å². The van der Waals surface area contributed by atoms with Crippen LogP contribution in [-0.4, -0.2) is 33.7 Å². The lowest BCUT2D eigenvalue weighted by molar-refractivity contribution is -0.120. The van der Waals surface area contributed by atoms with E-state index in [2.05, 4.69) is 5.32 Å². The first-order valence-corrected chi connectivity index (χ1v) is 10.5. The highest BCUT2D eigenvalue weighted by atomic mass is 35.5. The Bertz CT molecular complexity index is 854. The smallest absolute Gasteiger partial charge is 0.232 e. The topological polar surface area (TPSA) is 66.5 Å². The molecule has 2 aromatic rings. The van der Waals surface area contributed by atoms with Crippen molar-refractivity contribution in [3.63, 3.8) is 0 Å². The van der Waals surface area contributed by atoms with E-state index < -0.39 is 10.0 Å². The van der Waals surface area contributed by atoms with E-state index >= 15 is 0 Å². The predicted molar refractivity (Wildman–Crippen MR) is 106 cm³/mol. The van der Waals surface area contributed by atoms with Crippen molar-refractivity contribution in [1.29, 1.82) is 0 Å². The second-order valence-corrected chi connectivity index (χ2v) is 8.44. The molecule has 0 bridgehead atoms. The third-order valence-corrected chi connectivity index (χ3v) is 5.38. The van der Waals surface area contributed by atoms with Gasteiger partial charge in [0.25, 0.3) is 0 Å². The van der Waals surface area contributed by atoms with Gasteiger partial charge in [-0.15, -0.1) is 0 Å². The SMILES string of the molecule is Cc1ccc(Cl)cc1N(CCC(=O)NCCc1ccccc1)S(C)(=O)=O. The standard InChI is InChI=1S/C19H23ClN2O3S/c1-15-8-9-17(20)14-18(15)22(26(2,24)25)13-11-19(23)21-12-10-16-6-4-3-5-7-16/h3-9,14H,10-13H2,1-2H3,(H,21,23). The van der Waals surface area contributed by atoms with Crippen LogP contribution >= 0.6 is 11.6 Å². The molecule has 140 valence electrons. The lowest BCUT2D eigenvalue weighted by atomic mass is 10.1. The number of nitrogens with zero attached hydrogens (tertiary/aromatic N) is 1. The molecule has 1 N–H and O–H groups in total. The van der Waals surface area contributed by atoms with Crippen molar-refractivity contribution in [1.82, 2.24) is 5.32 Å². The fourth-order valence-electron chi connectivity index (χ4n) is 2.60.